The summed E-state index contributed by atoms with van der Waals surface area (Å²) in [7, 11) is 15.0. The van der Waals surface area contributed by atoms with Crippen molar-refractivity contribution < 1.29 is 0 Å². The Morgan fingerprint density at radius 3 is 2.62 bits per heavy atom. The van der Waals surface area contributed by atoms with Gasteiger partial charge in [-0.2, -0.15) is 0 Å². The van der Waals surface area contributed by atoms with E-state index in [1.807, 2.05) is 0 Å². The molecule has 0 amide bonds. The fourth-order valence-corrected chi connectivity index (χ4v) is 4.09. The maximum absolute atomic E-state index is 5.70. The fraction of sp³-hybridized carbons (Fsp3) is 1.00. The van der Waals surface area contributed by atoms with Crippen LogP contribution in [0.15, 0.2) is 0 Å². The first-order valence-corrected chi connectivity index (χ1v) is 7.55. The van der Waals surface area contributed by atoms with Crippen molar-refractivity contribution in [2.24, 2.45) is 5.73 Å². The van der Waals surface area contributed by atoms with Gasteiger partial charge in [0, 0.05) is 35.3 Å². The zero-order chi connectivity index (χ0) is 11.3. The highest BCUT2D eigenvalue weighted by atomic mass is 14.5. The van der Waals surface area contributed by atoms with E-state index in [9.17, 15) is 0 Å². The van der Waals surface area contributed by atoms with Crippen LogP contribution < -0.4 is 5.73 Å². The molecule has 16 heavy (non-hydrogen) atoms. The highest BCUT2D eigenvalue weighted by Gasteiger charge is 2.40. The molecule has 0 spiro atoms. The molecular weight excluding hydrogens is 182 g/mol. The molecule has 0 aliphatic carbocycles. The van der Waals surface area contributed by atoms with Crippen LogP contribution in [0.5, 0.6) is 0 Å². The normalized spacial score (nSPS) is 31.2. The van der Waals surface area contributed by atoms with Gasteiger partial charge in [-0.05, 0) is 13.0 Å². The fourth-order valence-electron chi connectivity index (χ4n) is 4.09. The molecule has 0 aromatic carbocycles. The minimum atomic E-state index is 0.724. The summed E-state index contributed by atoms with van der Waals surface area (Å²) in [5.41, 5.74) is 6.76. The second-order valence-electron chi connectivity index (χ2n) is 6.31. The van der Waals surface area contributed by atoms with Gasteiger partial charge in [0.25, 0.3) is 0 Å². The van der Waals surface area contributed by atoms with E-state index in [2.05, 4.69) is 0 Å². The summed E-state index contributed by atoms with van der Waals surface area (Å²) in [4.78, 5) is 0. The minimum Gasteiger partial charge on any atom is -0.330 e. The SMILES string of the molecule is NCCCC12BBBBBBBC(BB1)B2. The van der Waals surface area contributed by atoms with Crippen molar-refractivity contribution in [3.8, 4) is 0 Å². The van der Waals surface area contributed by atoms with Gasteiger partial charge < -0.3 is 5.73 Å². The first kappa shape index (κ1) is 13.1. The van der Waals surface area contributed by atoms with Gasteiger partial charge in [-0.25, -0.2) is 0 Å². The lowest BCUT2D eigenvalue weighted by molar-refractivity contribution is 0.750. The van der Waals surface area contributed by atoms with Crippen LogP contribution >= 0.6 is 0 Å². The van der Waals surface area contributed by atoms with Crippen LogP contribution in [0.2, 0.25) is 10.7 Å². The first-order valence-electron chi connectivity index (χ1n) is 7.55. The average molecular weight is 201 g/mol. The molecule has 0 radical (unpaired) electrons. The van der Waals surface area contributed by atoms with Crippen LogP contribution in [0.1, 0.15) is 12.8 Å². The molecule has 0 aromatic rings. The second-order valence-corrected chi connectivity index (χ2v) is 6.31. The quantitative estimate of drug-likeness (QED) is 0.453. The van der Waals surface area contributed by atoms with Crippen molar-refractivity contribution in [3.63, 3.8) is 0 Å². The third-order valence-electron chi connectivity index (χ3n) is 5.04. The van der Waals surface area contributed by atoms with Gasteiger partial charge in [-0.1, -0.05) is 6.42 Å². The Kier molecular flexibility index (Phi) is 5.32. The van der Waals surface area contributed by atoms with Gasteiger partial charge in [0.15, 0.2) is 0 Å². The van der Waals surface area contributed by atoms with E-state index in [1.165, 1.54) is 84.1 Å². The summed E-state index contributed by atoms with van der Waals surface area (Å²) in [5.74, 6) is 0. The summed E-state index contributed by atoms with van der Waals surface area (Å²) in [5, 5.41) is 0.724. The van der Waals surface area contributed by atoms with Crippen LogP contribution in [-0.4, -0.2) is 77.8 Å². The van der Waals surface area contributed by atoms with Gasteiger partial charge in [0.1, 0.15) is 0 Å². The predicted molar refractivity (Wildman–Crippen MR) is 96.2 cm³/mol. The molecule has 0 saturated carbocycles. The third-order valence-corrected chi connectivity index (χ3v) is 5.04. The largest absolute Gasteiger partial charge is 0.330 e. The van der Waals surface area contributed by atoms with E-state index in [0.29, 0.717) is 0 Å². The summed E-state index contributed by atoms with van der Waals surface area (Å²) in [6, 6.07) is 0. The number of rotatable bonds is 3. The van der Waals surface area contributed by atoms with E-state index in [1.54, 1.807) is 0 Å². The van der Waals surface area contributed by atoms with E-state index >= 15 is 0 Å². The van der Waals surface area contributed by atoms with Crippen LogP contribution in [0, 0.1) is 0 Å². The monoisotopic (exact) mass is 203 g/mol. The zero-order valence-corrected chi connectivity index (χ0v) is 10.8. The highest BCUT2D eigenvalue weighted by molar-refractivity contribution is 7.64. The standard InChI is InChI=1S/C5H19B10N/c16-3-1-2-5-6-4(7-9-5)8-11-13-15-14-12-10-5/h4,6-15H,1-3,16H2. The lowest BCUT2D eigenvalue weighted by Gasteiger charge is -2.29. The molecule has 2 atom stereocenters. The molecule has 11 heteroatoms. The zero-order valence-electron chi connectivity index (χ0n) is 10.8. The van der Waals surface area contributed by atoms with Crippen molar-refractivity contribution in [1.82, 2.24) is 0 Å². The van der Waals surface area contributed by atoms with Crippen molar-refractivity contribution in [2.75, 3.05) is 6.54 Å². The molecule has 2 N–H and O–H groups in total. The molecule has 2 aliphatic rings. The molecule has 2 heterocycles. The summed E-state index contributed by atoms with van der Waals surface area (Å²) in [6.45, 7) is 0.895. The predicted octanol–water partition coefficient (Wildman–Crippen LogP) is -5.70. The molecule has 2 bridgehead atoms. The maximum Gasteiger partial charge on any atom is 0.0966 e. The smallest absolute Gasteiger partial charge is 0.0966 e. The van der Waals surface area contributed by atoms with Gasteiger partial charge in [0.05, 0.1) is 36.0 Å². The van der Waals surface area contributed by atoms with Crippen LogP contribution in [-0.2, 0) is 0 Å². The number of fused-ring (bicyclic) bond motifs is 2. The average Bonchev–Trinajstić information content (AvgIpc) is 2.69. The summed E-state index contributed by atoms with van der Waals surface area (Å²) < 4.78 is 0. The lowest BCUT2D eigenvalue weighted by atomic mass is 8.89. The van der Waals surface area contributed by atoms with E-state index in [0.717, 1.165) is 17.3 Å². The Labute approximate surface area is 107 Å². The van der Waals surface area contributed by atoms with Gasteiger partial charge in [-0.15, -0.1) is 10.7 Å². The maximum atomic E-state index is 5.70. The van der Waals surface area contributed by atoms with E-state index in [4.69, 9.17) is 5.73 Å². The number of hydrogen-bond acceptors (Lipinski definition) is 1. The number of hydrogen-bond donors (Lipinski definition) is 1. The molecule has 1 nitrogen and oxygen atoms in total. The molecule has 2 fully saturated rings. The Hall–Kier alpha value is 0.609. The Morgan fingerprint density at radius 1 is 0.938 bits per heavy atom. The van der Waals surface area contributed by atoms with Crippen molar-refractivity contribution >= 4 is 71.3 Å². The van der Waals surface area contributed by atoms with Crippen LogP contribution in [0.4, 0.5) is 0 Å². The van der Waals surface area contributed by atoms with Crippen LogP contribution in [0.3, 0.4) is 0 Å². The summed E-state index contributed by atoms with van der Waals surface area (Å²) in [6.07, 6.45) is 2.67. The first-order chi connectivity index (χ1) is 7.85. The number of nitrogens with two attached hydrogens (primary N) is 1. The molecular formula is C5H19B10N. The van der Waals surface area contributed by atoms with Crippen molar-refractivity contribution in [1.29, 1.82) is 0 Å². The second kappa shape index (κ2) is 6.52. The summed E-state index contributed by atoms with van der Waals surface area (Å²) >= 11 is 0. The van der Waals surface area contributed by atoms with E-state index < -0.39 is 0 Å². The van der Waals surface area contributed by atoms with E-state index in [-0.39, 0.29) is 0 Å². The topological polar surface area (TPSA) is 26.0 Å². The highest BCUT2D eigenvalue weighted by Crippen LogP contribution is 2.36. The van der Waals surface area contributed by atoms with Crippen molar-refractivity contribution in [3.05, 3.63) is 0 Å². The Morgan fingerprint density at radius 2 is 1.75 bits per heavy atom. The lowest BCUT2D eigenvalue weighted by Crippen LogP contribution is -2.40. The Balaban J connectivity index is 1.92. The molecule has 74 valence electrons. The third kappa shape index (κ3) is 3.55. The molecule has 0 aromatic heterocycles. The Bertz CT molecular complexity index is 215. The minimum absolute atomic E-state index is 0.724. The van der Waals surface area contributed by atoms with Gasteiger partial charge >= 0.3 is 0 Å². The molecule has 2 unspecified atom stereocenters. The molecule has 2 aliphatic heterocycles. The molecule has 2 rings (SSSR count). The van der Waals surface area contributed by atoms with Crippen molar-refractivity contribution in [2.45, 2.75) is 23.6 Å². The molecule has 2 saturated heterocycles. The van der Waals surface area contributed by atoms with Gasteiger partial charge in [0.2, 0.25) is 0 Å². The van der Waals surface area contributed by atoms with Gasteiger partial charge in [-0.3, -0.25) is 0 Å². The van der Waals surface area contributed by atoms with Crippen LogP contribution in [0.25, 0.3) is 0 Å².